The van der Waals surface area contributed by atoms with E-state index in [1.807, 2.05) is 12.1 Å². The van der Waals surface area contributed by atoms with Gasteiger partial charge in [0.1, 0.15) is 0 Å². The normalized spacial score (nSPS) is 23.5. The Labute approximate surface area is 122 Å². The van der Waals surface area contributed by atoms with Crippen molar-refractivity contribution in [1.29, 1.82) is 0 Å². The summed E-state index contributed by atoms with van der Waals surface area (Å²) in [6, 6.07) is 8.42. The van der Waals surface area contributed by atoms with Crippen molar-refractivity contribution in [2.24, 2.45) is 5.92 Å². The van der Waals surface area contributed by atoms with Gasteiger partial charge in [-0.15, -0.1) is 0 Å². The van der Waals surface area contributed by atoms with E-state index in [1.54, 1.807) is 0 Å². The van der Waals surface area contributed by atoms with E-state index in [0.717, 1.165) is 36.5 Å². The molecule has 0 N–H and O–H groups in total. The van der Waals surface area contributed by atoms with Gasteiger partial charge in [0, 0.05) is 18.2 Å². The van der Waals surface area contributed by atoms with Gasteiger partial charge < -0.3 is 4.74 Å². The minimum absolute atomic E-state index is 0.741. The summed E-state index contributed by atoms with van der Waals surface area (Å²) in [5.41, 5.74) is 1.46. The zero-order valence-electron chi connectivity index (χ0n) is 11.9. The SMILES string of the molecule is CCCOCC[C@H]1CC[C@H](c2ccc(Cl)cc2)CC1. The van der Waals surface area contributed by atoms with Crippen molar-refractivity contribution in [1.82, 2.24) is 0 Å². The highest BCUT2D eigenvalue weighted by Crippen LogP contribution is 2.37. The van der Waals surface area contributed by atoms with E-state index in [9.17, 15) is 0 Å². The van der Waals surface area contributed by atoms with Gasteiger partial charge in [-0.3, -0.25) is 0 Å². The minimum atomic E-state index is 0.741. The van der Waals surface area contributed by atoms with Gasteiger partial charge in [0.25, 0.3) is 0 Å². The molecule has 0 aromatic heterocycles. The maximum atomic E-state index is 5.94. The first kappa shape index (κ1) is 14.9. The Morgan fingerprint density at radius 1 is 1.05 bits per heavy atom. The maximum Gasteiger partial charge on any atom is 0.0468 e. The van der Waals surface area contributed by atoms with Crippen LogP contribution in [0.2, 0.25) is 5.02 Å². The van der Waals surface area contributed by atoms with Crippen LogP contribution in [0.25, 0.3) is 0 Å². The third-order valence-corrected chi connectivity index (χ3v) is 4.46. The average molecular weight is 281 g/mol. The fraction of sp³-hybridized carbons (Fsp3) is 0.647. The molecule has 0 atom stereocenters. The Morgan fingerprint density at radius 2 is 1.74 bits per heavy atom. The van der Waals surface area contributed by atoms with Gasteiger partial charge in [-0.1, -0.05) is 30.7 Å². The summed E-state index contributed by atoms with van der Waals surface area (Å²) in [5.74, 6) is 1.62. The van der Waals surface area contributed by atoms with Gasteiger partial charge >= 0.3 is 0 Å². The van der Waals surface area contributed by atoms with Crippen LogP contribution in [0.3, 0.4) is 0 Å². The van der Waals surface area contributed by atoms with Crippen LogP contribution in [0.15, 0.2) is 24.3 Å². The lowest BCUT2D eigenvalue weighted by atomic mass is 9.78. The zero-order chi connectivity index (χ0) is 13.5. The van der Waals surface area contributed by atoms with E-state index >= 15 is 0 Å². The minimum Gasteiger partial charge on any atom is -0.381 e. The van der Waals surface area contributed by atoms with E-state index in [1.165, 1.54) is 37.7 Å². The van der Waals surface area contributed by atoms with Crippen LogP contribution in [0, 0.1) is 5.92 Å². The molecule has 1 aromatic rings. The van der Waals surface area contributed by atoms with E-state index in [4.69, 9.17) is 16.3 Å². The van der Waals surface area contributed by atoms with E-state index in [2.05, 4.69) is 19.1 Å². The Kier molecular flexibility index (Phi) is 6.19. The molecule has 0 spiro atoms. The fourth-order valence-electron chi connectivity index (χ4n) is 3.02. The molecule has 0 saturated heterocycles. The van der Waals surface area contributed by atoms with Gasteiger partial charge in [-0.2, -0.15) is 0 Å². The Morgan fingerprint density at radius 3 is 2.37 bits per heavy atom. The molecule has 1 aliphatic carbocycles. The second kappa shape index (κ2) is 7.91. The van der Waals surface area contributed by atoms with Crippen LogP contribution < -0.4 is 0 Å². The molecule has 2 rings (SSSR count). The van der Waals surface area contributed by atoms with Gasteiger partial charge in [0.2, 0.25) is 0 Å². The van der Waals surface area contributed by atoms with Crippen LogP contribution >= 0.6 is 11.6 Å². The van der Waals surface area contributed by atoms with Crippen molar-refractivity contribution >= 4 is 11.6 Å². The fourth-order valence-corrected chi connectivity index (χ4v) is 3.14. The summed E-state index contributed by atoms with van der Waals surface area (Å²) >= 11 is 5.94. The topological polar surface area (TPSA) is 9.23 Å². The zero-order valence-corrected chi connectivity index (χ0v) is 12.7. The van der Waals surface area contributed by atoms with Crippen LogP contribution in [-0.4, -0.2) is 13.2 Å². The second-order valence-electron chi connectivity index (χ2n) is 5.67. The number of ether oxygens (including phenoxy) is 1. The quantitative estimate of drug-likeness (QED) is 0.631. The summed E-state index contributed by atoms with van der Waals surface area (Å²) < 4.78 is 5.60. The molecule has 0 aliphatic heterocycles. The summed E-state index contributed by atoms with van der Waals surface area (Å²) in [7, 11) is 0. The lowest BCUT2D eigenvalue weighted by Gasteiger charge is -2.28. The average Bonchev–Trinajstić information content (AvgIpc) is 2.45. The number of halogens is 1. The molecule has 0 radical (unpaired) electrons. The molecule has 0 unspecified atom stereocenters. The monoisotopic (exact) mass is 280 g/mol. The molecular weight excluding hydrogens is 256 g/mol. The van der Waals surface area contributed by atoms with Crippen LogP contribution in [0.1, 0.15) is 56.9 Å². The third-order valence-electron chi connectivity index (χ3n) is 4.21. The first-order valence-electron chi connectivity index (χ1n) is 7.62. The van der Waals surface area contributed by atoms with Crippen LogP contribution in [-0.2, 0) is 4.74 Å². The van der Waals surface area contributed by atoms with Crippen LogP contribution in [0.5, 0.6) is 0 Å². The maximum absolute atomic E-state index is 5.94. The highest BCUT2D eigenvalue weighted by atomic mass is 35.5. The molecule has 0 amide bonds. The lowest BCUT2D eigenvalue weighted by Crippen LogP contribution is -2.15. The largest absolute Gasteiger partial charge is 0.381 e. The van der Waals surface area contributed by atoms with Gasteiger partial charge in [0.15, 0.2) is 0 Å². The van der Waals surface area contributed by atoms with Crippen LogP contribution in [0.4, 0.5) is 0 Å². The molecule has 0 bridgehead atoms. The smallest absolute Gasteiger partial charge is 0.0468 e. The Hall–Kier alpha value is -0.530. The highest BCUT2D eigenvalue weighted by molar-refractivity contribution is 6.30. The lowest BCUT2D eigenvalue weighted by molar-refractivity contribution is 0.113. The van der Waals surface area contributed by atoms with Crippen molar-refractivity contribution in [3.8, 4) is 0 Å². The predicted octanol–water partition coefficient (Wildman–Crippen LogP) is 5.43. The third kappa shape index (κ3) is 4.81. The molecule has 1 fully saturated rings. The Balaban J connectivity index is 1.71. The first-order chi connectivity index (χ1) is 9.29. The number of rotatable bonds is 6. The molecule has 1 aliphatic rings. The van der Waals surface area contributed by atoms with E-state index in [-0.39, 0.29) is 0 Å². The summed E-state index contributed by atoms with van der Waals surface area (Å²) in [6.45, 7) is 4.03. The molecule has 2 heteroatoms. The van der Waals surface area contributed by atoms with E-state index < -0.39 is 0 Å². The predicted molar refractivity (Wildman–Crippen MR) is 81.9 cm³/mol. The molecule has 106 valence electrons. The molecule has 1 saturated carbocycles. The Bertz CT molecular complexity index is 352. The van der Waals surface area contributed by atoms with Gasteiger partial charge in [0.05, 0.1) is 0 Å². The van der Waals surface area contributed by atoms with Crippen molar-refractivity contribution in [3.05, 3.63) is 34.9 Å². The first-order valence-corrected chi connectivity index (χ1v) is 8.00. The summed E-state index contributed by atoms with van der Waals surface area (Å²) in [5, 5.41) is 0.838. The number of benzene rings is 1. The van der Waals surface area contributed by atoms with Gasteiger partial charge in [-0.05, 0) is 68.1 Å². The molecule has 0 heterocycles. The van der Waals surface area contributed by atoms with Crippen molar-refractivity contribution in [2.45, 2.75) is 51.4 Å². The summed E-state index contributed by atoms with van der Waals surface area (Å²) in [4.78, 5) is 0. The van der Waals surface area contributed by atoms with E-state index in [0.29, 0.717) is 0 Å². The van der Waals surface area contributed by atoms with Gasteiger partial charge in [-0.25, -0.2) is 0 Å². The number of hydrogen-bond acceptors (Lipinski definition) is 1. The number of hydrogen-bond donors (Lipinski definition) is 0. The molecule has 19 heavy (non-hydrogen) atoms. The molecule has 1 nitrogen and oxygen atoms in total. The second-order valence-corrected chi connectivity index (χ2v) is 6.11. The highest BCUT2D eigenvalue weighted by Gasteiger charge is 2.21. The molecular formula is C17H25ClO. The molecule has 1 aromatic carbocycles. The standard InChI is InChI=1S/C17H25ClO/c1-2-12-19-13-11-14-3-5-15(6-4-14)16-7-9-17(18)10-8-16/h7-10,14-15H,2-6,11-13H2,1H3/t14-,15-. The van der Waals surface area contributed by atoms with Crippen molar-refractivity contribution in [3.63, 3.8) is 0 Å². The van der Waals surface area contributed by atoms with Crippen molar-refractivity contribution < 1.29 is 4.74 Å². The van der Waals surface area contributed by atoms with Crippen molar-refractivity contribution in [2.75, 3.05) is 13.2 Å². The summed E-state index contributed by atoms with van der Waals surface area (Å²) in [6.07, 6.45) is 7.71.